The van der Waals surface area contributed by atoms with Crippen LogP contribution in [-0.4, -0.2) is 37.2 Å². The SMILES string of the molecule is CC1OCCC1N(C)CC1(c2ccc(N)cc2)CC1. The molecule has 3 heteroatoms. The summed E-state index contributed by atoms with van der Waals surface area (Å²) in [5, 5.41) is 0. The summed E-state index contributed by atoms with van der Waals surface area (Å²) in [6.45, 7) is 4.23. The smallest absolute Gasteiger partial charge is 0.0702 e. The average Bonchev–Trinajstić information content (AvgIpc) is 3.03. The maximum Gasteiger partial charge on any atom is 0.0702 e. The highest BCUT2D eigenvalue weighted by atomic mass is 16.5. The van der Waals surface area contributed by atoms with Crippen LogP contribution in [0.4, 0.5) is 5.69 Å². The van der Waals surface area contributed by atoms with Gasteiger partial charge in [-0.05, 0) is 50.9 Å². The first-order chi connectivity index (χ1) is 9.11. The second-order valence-electron chi connectivity index (χ2n) is 6.25. The standard InChI is InChI=1S/C16H24N2O/c1-12-15(7-10-19-12)18(2)11-16(8-9-16)13-3-5-14(17)6-4-13/h3-6,12,15H,7-11,17H2,1-2H3. The third-order valence-electron chi connectivity index (χ3n) is 4.83. The van der Waals surface area contributed by atoms with Crippen molar-refractivity contribution in [3.8, 4) is 0 Å². The molecule has 2 unspecified atom stereocenters. The highest BCUT2D eigenvalue weighted by Crippen LogP contribution is 2.49. The molecule has 2 aliphatic rings. The highest BCUT2D eigenvalue weighted by Gasteiger charge is 2.46. The Labute approximate surface area is 115 Å². The quantitative estimate of drug-likeness (QED) is 0.845. The van der Waals surface area contributed by atoms with Gasteiger partial charge in [-0.3, -0.25) is 4.90 Å². The monoisotopic (exact) mass is 260 g/mol. The third kappa shape index (κ3) is 2.49. The number of hydrogen-bond donors (Lipinski definition) is 1. The molecule has 2 fully saturated rings. The lowest BCUT2D eigenvalue weighted by Gasteiger charge is -2.30. The lowest BCUT2D eigenvalue weighted by Crippen LogP contribution is -2.41. The van der Waals surface area contributed by atoms with Gasteiger partial charge >= 0.3 is 0 Å². The van der Waals surface area contributed by atoms with E-state index in [-0.39, 0.29) is 0 Å². The zero-order chi connectivity index (χ0) is 13.5. The number of nitrogens with zero attached hydrogens (tertiary/aromatic N) is 1. The summed E-state index contributed by atoms with van der Waals surface area (Å²) in [5.41, 5.74) is 8.45. The predicted octanol–water partition coefficient (Wildman–Crippen LogP) is 2.41. The molecule has 0 amide bonds. The van der Waals surface area contributed by atoms with E-state index in [9.17, 15) is 0 Å². The topological polar surface area (TPSA) is 38.5 Å². The first kappa shape index (κ1) is 12.9. The summed E-state index contributed by atoms with van der Waals surface area (Å²) in [6, 6.07) is 9.02. The van der Waals surface area contributed by atoms with Crippen LogP contribution in [0.1, 0.15) is 31.7 Å². The predicted molar refractivity (Wildman–Crippen MR) is 78.2 cm³/mol. The van der Waals surface area contributed by atoms with Gasteiger partial charge in [0.1, 0.15) is 0 Å². The summed E-state index contributed by atoms with van der Waals surface area (Å²) in [4.78, 5) is 2.50. The molecule has 104 valence electrons. The lowest BCUT2D eigenvalue weighted by atomic mass is 9.94. The molecule has 2 N–H and O–H groups in total. The molecule has 19 heavy (non-hydrogen) atoms. The van der Waals surface area contributed by atoms with E-state index < -0.39 is 0 Å². The Kier molecular flexibility index (Phi) is 3.27. The number of anilines is 1. The summed E-state index contributed by atoms with van der Waals surface area (Å²) < 4.78 is 5.68. The first-order valence-corrected chi connectivity index (χ1v) is 7.29. The summed E-state index contributed by atoms with van der Waals surface area (Å²) in [7, 11) is 2.24. The Morgan fingerprint density at radius 1 is 1.32 bits per heavy atom. The van der Waals surface area contributed by atoms with Crippen molar-refractivity contribution in [3.63, 3.8) is 0 Å². The molecule has 1 aliphatic heterocycles. The number of hydrogen-bond acceptors (Lipinski definition) is 3. The second-order valence-corrected chi connectivity index (χ2v) is 6.25. The molecule has 1 heterocycles. The van der Waals surface area contributed by atoms with Gasteiger partial charge in [-0.25, -0.2) is 0 Å². The van der Waals surface area contributed by atoms with Crippen LogP contribution in [0, 0.1) is 0 Å². The molecule has 0 aromatic heterocycles. The van der Waals surface area contributed by atoms with Gasteiger partial charge in [0.2, 0.25) is 0 Å². The summed E-state index contributed by atoms with van der Waals surface area (Å²) in [5.74, 6) is 0. The van der Waals surface area contributed by atoms with Gasteiger partial charge in [0.15, 0.2) is 0 Å². The zero-order valence-corrected chi connectivity index (χ0v) is 11.9. The number of nitrogen functional groups attached to an aromatic ring is 1. The Morgan fingerprint density at radius 2 is 2.00 bits per heavy atom. The molecule has 2 atom stereocenters. The van der Waals surface area contributed by atoms with Crippen molar-refractivity contribution < 1.29 is 4.74 Å². The van der Waals surface area contributed by atoms with Crippen molar-refractivity contribution in [3.05, 3.63) is 29.8 Å². The molecule has 1 saturated heterocycles. The Bertz CT molecular complexity index is 439. The van der Waals surface area contributed by atoms with E-state index in [0.717, 1.165) is 25.3 Å². The minimum atomic E-state index is 0.366. The van der Waals surface area contributed by atoms with Crippen molar-refractivity contribution in [2.45, 2.75) is 43.7 Å². The van der Waals surface area contributed by atoms with Crippen LogP contribution in [0.25, 0.3) is 0 Å². The Morgan fingerprint density at radius 3 is 2.53 bits per heavy atom. The average molecular weight is 260 g/mol. The maximum atomic E-state index is 5.78. The molecule has 0 radical (unpaired) electrons. The molecule has 3 rings (SSSR count). The molecule has 1 aromatic carbocycles. The van der Waals surface area contributed by atoms with Crippen molar-refractivity contribution in [1.29, 1.82) is 0 Å². The normalized spacial score (nSPS) is 28.8. The zero-order valence-electron chi connectivity index (χ0n) is 11.9. The summed E-state index contributed by atoms with van der Waals surface area (Å²) in [6.07, 6.45) is 4.12. The lowest BCUT2D eigenvalue weighted by molar-refractivity contribution is 0.0805. The molecule has 0 spiro atoms. The molecular formula is C16H24N2O. The van der Waals surface area contributed by atoms with Gasteiger partial charge in [-0.1, -0.05) is 12.1 Å². The van der Waals surface area contributed by atoms with Crippen LogP contribution in [0.3, 0.4) is 0 Å². The number of ether oxygens (including phenoxy) is 1. The molecule has 0 bridgehead atoms. The third-order valence-corrected chi connectivity index (χ3v) is 4.83. The molecule has 1 saturated carbocycles. The van der Waals surface area contributed by atoms with Gasteiger partial charge < -0.3 is 10.5 Å². The van der Waals surface area contributed by atoms with Crippen LogP contribution in [0.15, 0.2) is 24.3 Å². The van der Waals surface area contributed by atoms with E-state index in [2.05, 4.69) is 31.0 Å². The van der Waals surface area contributed by atoms with Gasteiger partial charge in [0, 0.05) is 30.3 Å². The Hall–Kier alpha value is -1.06. The van der Waals surface area contributed by atoms with Crippen LogP contribution in [0.5, 0.6) is 0 Å². The second kappa shape index (κ2) is 4.80. The number of nitrogens with two attached hydrogens (primary N) is 1. The summed E-state index contributed by atoms with van der Waals surface area (Å²) >= 11 is 0. The van der Waals surface area contributed by atoms with E-state index >= 15 is 0 Å². The van der Waals surface area contributed by atoms with Crippen LogP contribution in [0.2, 0.25) is 0 Å². The van der Waals surface area contributed by atoms with Crippen molar-refractivity contribution >= 4 is 5.69 Å². The first-order valence-electron chi connectivity index (χ1n) is 7.29. The van der Waals surface area contributed by atoms with E-state index in [1.165, 1.54) is 18.4 Å². The van der Waals surface area contributed by atoms with Gasteiger partial charge in [0.05, 0.1) is 6.10 Å². The van der Waals surface area contributed by atoms with Crippen LogP contribution >= 0.6 is 0 Å². The number of benzene rings is 1. The van der Waals surface area contributed by atoms with E-state index in [0.29, 0.717) is 17.6 Å². The molecule has 1 aliphatic carbocycles. The number of rotatable bonds is 4. The molecular weight excluding hydrogens is 236 g/mol. The van der Waals surface area contributed by atoms with E-state index in [1.54, 1.807) is 0 Å². The molecule has 3 nitrogen and oxygen atoms in total. The van der Waals surface area contributed by atoms with E-state index in [1.807, 2.05) is 12.1 Å². The fourth-order valence-corrected chi connectivity index (χ4v) is 3.42. The van der Waals surface area contributed by atoms with Crippen LogP contribution in [-0.2, 0) is 10.2 Å². The van der Waals surface area contributed by atoms with Crippen molar-refractivity contribution in [2.75, 3.05) is 25.9 Å². The minimum absolute atomic E-state index is 0.366. The van der Waals surface area contributed by atoms with Crippen molar-refractivity contribution in [2.24, 2.45) is 0 Å². The minimum Gasteiger partial charge on any atom is -0.399 e. The highest BCUT2D eigenvalue weighted by molar-refractivity contribution is 5.43. The van der Waals surface area contributed by atoms with Crippen LogP contribution < -0.4 is 5.73 Å². The fraction of sp³-hybridized carbons (Fsp3) is 0.625. The van der Waals surface area contributed by atoms with E-state index in [4.69, 9.17) is 10.5 Å². The molecule has 1 aromatic rings. The van der Waals surface area contributed by atoms with Gasteiger partial charge in [0.25, 0.3) is 0 Å². The largest absolute Gasteiger partial charge is 0.399 e. The van der Waals surface area contributed by atoms with Gasteiger partial charge in [-0.15, -0.1) is 0 Å². The maximum absolute atomic E-state index is 5.78. The van der Waals surface area contributed by atoms with Gasteiger partial charge in [-0.2, -0.15) is 0 Å². The van der Waals surface area contributed by atoms with Crippen molar-refractivity contribution in [1.82, 2.24) is 4.90 Å². The number of likely N-dealkylation sites (N-methyl/N-ethyl adjacent to an activating group) is 1. The fourth-order valence-electron chi connectivity index (χ4n) is 3.42. The Balaban J connectivity index is 1.70.